The van der Waals surface area contributed by atoms with Crippen molar-refractivity contribution in [3.63, 3.8) is 0 Å². The van der Waals surface area contributed by atoms with Gasteiger partial charge < -0.3 is 9.88 Å². The topological polar surface area (TPSA) is 29.9 Å². The summed E-state index contributed by atoms with van der Waals surface area (Å²) in [7, 11) is 2.09. The molecular formula is C16H29N3. The SMILES string of the molecule is CCCn1ccnc1CC(NC)C1C(C)(C)C1(C)C. The lowest BCUT2D eigenvalue weighted by Gasteiger charge is -2.19. The molecule has 0 amide bonds. The maximum Gasteiger partial charge on any atom is 0.110 e. The molecule has 19 heavy (non-hydrogen) atoms. The summed E-state index contributed by atoms with van der Waals surface area (Å²) in [5, 5.41) is 3.53. The highest BCUT2D eigenvalue weighted by atomic mass is 15.1. The lowest BCUT2D eigenvalue weighted by Crippen LogP contribution is -2.33. The van der Waals surface area contributed by atoms with Crippen LogP contribution in [0.2, 0.25) is 0 Å². The van der Waals surface area contributed by atoms with Crippen LogP contribution in [0.15, 0.2) is 12.4 Å². The smallest absolute Gasteiger partial charge is 0.110 e. The molecule has 0 bridgehead atoms. The molecule has 1 aliphatic carbocycles. The molecule has 3 heteroatoms. The molecule has 1 aliphatic rings. The second kappa shape index (κ2) is 4.93. The van der Waals surface area contributed by atoms with Crippen molar-refractivity contribution in [2.45, 2.75) is 60.0 Å². The maximum absolute atomic E-state index is 4.55. The molecule has 1 saturated carbocycles. The zero-order valence-electron chi connectivity index (χ0n) is 13.3. The first-order valence-corrected chi connectivity index (χ1v) is 7.53. The highest BCUT2D eigenvalue weighted by molar-refractivity contribution is 5.17. The number of aromatic nitrogens is 2. The van der Waals surface area contributed by atoms with E-state index in [4.69, 9.17) is 0 Å². The molecule has 0 spiro atoms. The van der Waals surface area contributed by atoms with Crippen molar-refractivity contribution in [3.8, 4) is 0 Å². The van der Waals surface area contributed by atoms with Gasteiger partial charge in [-0.1, -0.05) is 34.6 Å². The van der Waals surface area contributed by atoms with Crippen LogP contribution in [-0.2, 0) is 13.0 Å². The number of nitrogens with one attached hydrogen (secondary N) is 1. The van der Waals surface area contributed by atoms with Crippen molar-refractivity contribution < 1.29 is 0 Å². The Morgan fingerprint density at radius 1 is 1.32 bits per heavy atom. The van der Waals surface area contributed by atoms with Crippen LogP contribution in [0.4, 0.5) is 0 Å². The third-order valence-electron chi connectivity index (χ3n) is 5.57. The Morgan fingerprint density at radius 2 is 1.95 bits per heavy atom. The second-order valence-corrected chi connectivity index (χ2v) is 7.06. The van der Waals surface area contributed by atoms with Gasteiger partial charge in [-0.15, -0.1) is 0 Å². The summed E-state index contributed by atoms with van der Waals surface area (Å²) in [6.07, 6.45) is 6.23. The standard InChI is InChI=1S/C16H29N3/c1-7-9-19-10-8-18-13(19)11-12(17-6)14-15(2,3)16(14,4)5/h8,10,12,14,17H,7,9,11H2,1-6H3. The van der Waals surface area contributed by atoms with Gasteiger partial charge in [-0.05, 0) is 30.2 Å². The van der Waals surface area contributed by atoms with E-state index in [1.807, 2.05) is 6.20 Å². The van der Waals surface area contributed by atoms with E-state index in [1.54, 1.807) is 0 Å². The van der Waals surface area contributed by atoms with Crippen LogP contribution >= 0.6 is 0 Å². The summed E-state index contributed by atoms with van der Waals surface area (Å²) in [6, 6.07) is 0.517. The van der Waals surface area contributed by atoms with Gasteiger partial charge >= 0.3 is 0 Å². The van der Waals surface area contributed by atoms with Gasteiger partial charge in [0.25, 0.3) is 0 Å². The summed E-state index contributed by atoms with van der Waals surface area (Å²) < 4.78 is 2.30. The monoisotopic (exact) mass is 263 g/mol. The highest BCUT2D eigenvalue weighted by Gasteiger charge is 2.66. The van der Waals surface area contributed by atoms with Crippen LogP contribution in [0.1, 0.15) is 46.9 Å². The number of hydrogen-bond donors (Lipinski definition) is 1. The quantitative estimate of drug-likeness (QED) is 0.854. The number of rotatable bonds is 6. The van der Waals surface area contributed by atoms with Crippen LogP contribution in [0.5, 0.6) is 0 Å². The van der Waals surface area contributed by atoms with E-state index in [0.29, 0.717) is 16.9 Å². The third kappa shape index (κ3) is 2.33. The fourth-order valence-corrected chi connectivity index (χ4v) is 3.81. The number of hydrogen-bond acceptors (Lipinski definition) is 2. The van der Waals surface area contributed by atoms with Crippen molar-refractivity contribution in [2.24, 2.45) is 16.7 Å². The minimum absolute atomic E-state index is 0.419. The summed E-state index contributed by atoms with van der Waals surface area (Å²) in [5.41, 5.74) is 0.839. The number of nitrogens with zero attached hydrogens (tertiary/aromatic N) is 2. The minimum atomic E-state index is 0.419. The van der Waals surface area contributed by atoms with Crippen LogP contribution < -0.4 is 5.32 Å². The number of likely N-dealkylation sites (N-methyl/N-ethyl adjacent to an activating group) is 1. The highest BCUT2D eigenvalue weighted by Crippen LogP contribution is 2.69. The summed E-state index contributed by atoms with van der Waals surface area (Å²) >= 11 is 0. The molecule has 1 unspecified atom stereocenters. The zero-order valence-corrected chi connectivity index (χ0v) is 13.3. The Labute approximate surface area is 117 Å². The van der Waals surface area contributed by atoms with Crippen LogP contribution in [0.3, 0.4) is 0 Å². The molecule has 3 nitrogen and oxygen atoms in total. The molecule has 1 heterocycles. The van der Waals surface area contributed by atoms with Gasteiger partial charge in [-0.2, -0.15) is 0 Å². The predicted molar refractivity (Wildman–Crippen MR) is 80.1 cm³/mol. The molecule has 0 aliphatic heterocycles. The Morgan fingerprint density at radius 3 is 2.42 bits per heavy atom. The van der Waals surface area contributed by atoms with E-state index in [0.717, 1.165) is 25.3 Å². The fraction of sp³-hybridized carbons (Fsp3) is 0.812. The Bertz CT molecular complexity index is 417. The lowest BCUT2D eigenvalue weighted by molar-refractivity contribution is 0.408. The largest absolute Gasteiger partial charge is 0.335 e. The molecule has 0 radical (unpaired) electrons. The van der Waals surface area contributed by atoms with Crippen molar-refractivity contribution in [3.05, 3.63) is 18.2 Å². The first-order chi connectivity index (χ1) is 8.86. The third-order valence-corrected chi connectivity index (χ3v) is 5.57. The fourth-order valence-electron chi connectivity index (χ4n) is 3.81. The van der Waals surface area contributed by atoms with Crippen molar-refractivity contribution in [1.29, 1.82) is 0 Å². The van der Waals surface area contributed by atoms with Crippen LogP contribution in [0.25, 0.3) is 0 Å². The van der Waals surface area contributed by atoms with Crippen molar-refractivity contribution >= 4 is 0 Å². The summed E-state index contributed by atoms with van der Waals surface area (Å²) in [6.45, 7) is 12.8. The van der Waals surface area contributed by atoms with Gasteiger partial charge in [0.1, 0.15) is 5.82 Å². The first kappa shape index (κ1) is 14.6. The number of aryl methyl sites for hydroxylation is 1. The molecule has 1 aromatic heterocycles. The van der Waals surface area contributed by atoms with E-state index < -0.39 is 0 Å². The molecular weight excluding hydrogens is 234 g/mol. The molecule has 0 aromatic carbocycles. The van der Waals surface area contributed by atoms with Gasteiger partial charge in [0.15, 0.2) is 0 Å². The molecule has 1 N–H and O–H groups in total. The van der Waals surface area contributed by atoms with Gasteiger partial charge in [0.05, 0.1) is 0 Å². The van der Waals surface area contributed by atoms with Gasteiger partial charge in [-0.25, -0.2) is 4.98 Å². The second-order valence-electron chi connectivity index (χ2n) is 7.06. The van der Waals surface area contributed by atoms with Crippen molar-refractivity contribution in [1.82, 2.24) is 14.9 Å². The zero-order chi connectivity index (χ0) is 14.3. The summed E-state index contributed by atoms with van der Waals surface area (Å²) in [5.74, 6) is 1.94. The van der Waals surface area contributed by atoms with Gasteiger partial charge in [0.2, 0.25) is 0 Å². The normalized spacial score (nSPS) is 22.4. The molecule has 1 aromatic rings. The molecule has 108 valence electrons. The molecule has 2 rings (SSSR count). The number of imidazole rings is 1. The Balaban J connectivity index is 2.11. The van der Waals surface area contributed by atoms with E-state index in [2.05, 4.69) is 62.7 Å². The first-order valence-electron chi connectivity index (χ1n) is 7.53. The lowest BCUT2D eigenvalue weighted by atomic mass is 10.0. The van der Waals surface area contributed by atoms with Crippen molar-refractivity contribution in [2.75, 3.05) is 7.05 Å². The predicted octanol–water partition coefficient (Wildman–Crippen LogP) is 3.11. The van der Waals surface area contributed by atoms with E-state index in [9.17, 15) is 0 Å². The minimum Gasteiger partial charge on any atom is -0.335 e. The maximum atomic E-state index is 4.55. The Hall–Kier alpha value is -0.830. The summed E-state index contributed by atoms with van der Waals surface area (Å²) in [4.78, 5) is 4.55. The van der Waals surface area contributed by atoms with E-state index >= 15 is 0 Å². The van der Waals surface area contributed by atoms with E-state index in [-0.39, 0.29) is 0 Å². The molecule has 1 fully saturated rings. The Kier molecular flexibility index (Phi) is 3.78. The van der Waals surface area contributed by atoms with Gasteiger partial charge in [-0.3, -0.25) is 0 Å². The molecule has 0 saturated heterocycles. The average molecular weight is 263 g/mol. The van der Waals surface area contributed by atoms with Crippen LogP contribution in [0, 0.1) is 16.7 Å². The van der Waals surface area contributed by atoms with E-state index in [1.165, 1.54) is 5.82 Å². The average Bonchev–Trinajstić information content (AvgIpc) is 2.68. The van der Waals surface area contributed by atoms with Crippen LogP contribution in [-0.4, -0.2) is 22.6 Å². The van der Waals surface area contributed by atoms with Gasteiger partial charge in [0, 0.05) is 31.4 Å². The molecule has 1 atom stereocenters.